The zero-order valence-corrected chi connectivity index (χ0v) is 12.2. The second kappa shape index (κ2) is 5.93. The van der Waals surface area contributed by atoms with Gasteiger partial charge in [0.05, 0.1) is 6.20 Å². The van der Waals surface area contributed by atoms with Crippen LogP contribution in [-0.4, -0.2) is 44.6 Å². The van der Waals surface area contributed by atoms with Gasteiger partial charge in [-0.1, -0.05) is 4.68 Å². The monoisotopic (exact) mass is 318 g/mol. The molecule has 0 bridgehead atoms. The summed E-state index contributed by atoms with van der Waals surface area (Å²) in [5, 5.41) is 13.5. The van der Waals surface area contributed by atoms with Crippen LogP contribution in [0.25, 0.3) is 11.4 Å². The van der Waals surface area contributed by atoms with E-state index >= 15 is 0 Å². The summed E-state index contributed by atoms with van der Waals surface area (Å²) in [5.74, 6) is 0.454. The van der Waals surface area contributed by atoms with E-state index in [1.807, 2.05) is 0 Å². The lowest BCUT2D eigenvalue weighted by Gasteiger charge is -1.98. The molecule has 0 aliphatic heterocycles. The Morgan fingerprint density at radius 2 is 2.00 bits per heavy atom. The van der Waals surface area contributed by atoms with Gasteiger partial charge in [-0.2, -0.15) is 10.3 Å². The number of hydrogen-bond acceptors (Lipinski definition) is 7. The lowest BCUT2D eigenvalue weighted by atomic mass is 10.3. The van der Waals surface area contributed by atoms with Crippen molar-refractivity contribution in [3.05, 3.63) is 43.1 Å². The van der Waals surface area contributed by atoms with E-state index in [9.17, 15) is 8.42 Å². The van der Waals surface area contributed by atoms with Crippen LogP contribution >= 0.6 is 0 Å². The number of sulfone groups is 1. The number of aromatic amines is 1. The quantitative estimate of drug-likeness (QED) is 0.625. The first kappa shape index (κ1) is 14.2. The molecule has 10 heteroatoms. The fraction of sp³-hybridized carbons (Fsp3) is 0.167. The maximum absolute atomic E-state index is 12.0. The molecule has 0 aliphatic rings. The van der Waals surface area contributed by atoms with Crippen LogP contribution in [0.3, 0.4) is 0 Å². The molecule has 0 saturated carbocycles. The first-order valence-electron chi connectivity index (χ1n) is 6.37. The van der Waals surface area contributed by atoms with Gasteiger partial charge in [0, 0.05) is 24.0 Å². The summed E-state index contributed by atoms with van der Waals surface area (Å²) >= 11 is 0. The summed E-state index contributed by atoms with van der Waals surface area (Å²) in [6.07, 6.45) is 7.76. The highest BCUT2D eigenvalue weighted by Gasteiger charge is 2.20. The molecule has 9 nitrogen and oxygen atoms in total. The maximum Gasteiger partial charge on any atom is 0.205 e. The lowest BCUT2D eigenvalue weighted by Crippen LogP contribution is -2.40. The van der Waals surface area contributed by atoms with E-state index in [0.717, 1.165) is 5.56 Å². The Labute approximate surface area is 126 Å². The molecule has 0 amide bonds. The Kier molecular flexibility index (Phi) is 3.83. The molecule has 3 heterocycles. The number of aryl methyl sites for hydroxylation is 1. The Morgan fingerprint density at radius 3 is 2.64 bits per heavy atom. The van der Waals surface area contributed by atoms with E-state index in [-0.39, 0.29) is 17.3 Å². The third-order valence-corrected chi connectivity index (χ3v) is 4.45. The van der Waals surface area contributed by atoms with Crippen LogP contribution in [0.2, 0.25) is 0 Å². The molecule has 1 N–H and O–H groups in total. The minimum absolute atomic E-state index is 0.0672. The topological polar surface area (TPSA) is 118 Å². The summed E-state index contributed by atoms with van der Waals surface area (Å²) in [5.41, 5.74) is 0.760. The molecule has 0 aliphatic carbocycles. The minimum atomic E-state index is -3.47. The summed E-state index contributed by atoms with van der Waals surface area (Å²) < 4.78 is 25.5. The van der Waals surface area contributed by atoms with Gasteiger partial charge < -0.3 is 0 Å². The molecule has 0 spiro atoms. The molecule has 0 aromatic carbocycles. The van der Waals surface area contributed by atoms with E-state index in [4.69, 9.17) is 0 Å². The number of H-pyrrole nitrogens is 1. The summed E-state index contributed by atoms with van der Waals surface area (Å²) in [6, 6.07) is 3.51. The van der Waals surface area contributed by atoms with Gasteiger partial charge >= 0.3 is 0 Å². The van der Waals surface area contributed by atoms with Crippen molar-refractivity contribution in [1.82, 2.24) is 30.5 Å². The first-order valence-corrected chi connectivity index (χ1v) is 8.02. The highest BCUT2D eigenvalue weighted by atomic mass is 32.2. The second-order valence-corrected chi connectivity index (χ2v) is 6.43. The largest absolute Gasteiger partial charge is 0.237 e. The summed E-state index contributed by atoms with van der Waals surface area (Å²) in [6.45, 7) is 0.213. The van der Waals surface area contributed by atoms with Crippen LogP contribution < -0.4 is 4.68 Å². The minimum Gasteiger partial charge on any atom is -0.237 e. The van der Waals surface area contributed by atoms with Gasteiger partial charge in [0.25, 0.3) is 0 Å². The Hall–Kier alpha value is -2.75. The normalized spacial score (nSPS) is 11.5. The molecule has 0 unspecified atom stereocenters. The van der Waals surface area contributed by atoms with Gasteiger partial charge in [-0.15, -0.1) is 5.10 Å². The number of rotatable bonds is 5. The summed E-state index contributed by atoms with van der Waals surface area (Å²) in [4.78, 5) is 8.25. The van der Waals surface area contributed by atoms with E-state index in [0.29, 0.717) is 5.82 Å². The van der Waals surface area contributed by atoms with Crippen LogP contribution in [0.5, 0.6) is 0 Å². The lowest BCUT2D eigenvalue weighted by molar-refractivity contribution is -0.749. The molecule has 0 fully saturated rings. The zero-order chi connectivity index (χ0) is 15.4. The van der Waals surface area contributed by atoms with Crippen molar-refractivity contribution >= 4 is 9.84 Å². The zero-order valence-electron chi connectivity index (χ0n) is 11.4. The smallest absolute Gasteiger partial charge is 0.205 e. The Balaban J connectivity index is 1.70. The third kappa shape index (κ3) is 3.11. The SMILES string of the molecule is O=S(=O)(CC[n+]1ccc(-c2ncccn2)cn1)c1cn[nH]n1. The molecule has 0 saturated heterocycles. The highest BCUT2D eigenvalue weighted by molar-refractivity contribution is 7.91. The van der Waals surface area contributed by atoms with E-state index in [1.54, 1.807) is 36.9 Å². The molecule has 3 aromatic heterocycles. The van der Waals surface area contributed by atoms with Crippen molar-refractivity contribution < 1.29 is 13.1 Å². The predicted octanol–water partition coefficient (Wildman–Crippen LogP) is -0.582. The first-order chi connectivity index (χ1) is 10.6. The van der Waals surface area contributed by atoms with E-state index in [1.165, 1.54) is 10.9 Å². The Morgan fingerprint density at radius 1 is 1.18 bits per heavy atom. The fourth-order valence-corrected chi connectivity index (χ4v) is 2.79. The van der Waals surface area contributed by atoms with Crippen LogP contribution in [0.1, 0.15) is 0 Å². The number of hydrogen-bond donors (Lipinski definition) is 1. The molecule has 22 heavy (non-hydrogen) atoms. The fourth-order valence-electron chi connectivity index (χ4n) is 1.76. The van der Waals surface area contributed by atoms with Crippen molar-refractivity contribution in [1.29, 1.82) is 0 Å². The van der Waals surface area contributed by atoms with E-state index < -0.39 is 9.84 Å². The van der Waals surface area contributed by atoms with Crippen LogP contribution in [-0.2, 0) is 16.4 Å². The van der Waals surface area contributed by atoms with Crippen molar-refractivity contribution in [2.75, 3.05) is 5.75 Å². The number of aromatic nitrogens is 7. The second-order valence-electron chi connectivity index (χ2n) is 4.38. The van der Waals surface area contributed by atoms with Crippen molar-refractivity contribution in [2.24, 2.45) is 0 Å². The van der Waals surface area contributed by atoms with Gasteiger partial charge in [-0.3, -0.25) is 0 Å². The molecule has 0 radical (unpaired) electrons. The van der Waals surface area contributed by atoms with Gasteiger partial charge in [-0.25, -0.2) is 18.4 Å². The number of nitrogens with zero attached hydrogens (tertiary/aromatic N) is 6. The summed E-state index contributed by atoms with van der Waals surface area (Å²) in [7, 11) is -3.47. The molecule has 3 aromatic rings. The van der Waals surface area contributed by atoms with Crippen molar-refractivity contribution in [2.45, 2.75) is 11.6 Å². The standard InChI is InChI=1S/C12H12N7O2S/c20-22(21,11-9-15-18-17-11)7-6-19-5-2-10(8-16-19)12-13-3-1-4-14-12/h1-5,8-9H,6-7H2,(H,15,17,18)/q+1. The van der Waals surface area contributed by atoms with Gasteiger partial charge in [0.1, 0.15) is 11.9 Å². The van der Waals surface area contributed by atoms with E-state index in [2.05, 4.69) is 30.5 Å². The average Bonchev–Trinajstić information content (AvgIpc) is 3.10. The third-order valence-electron chi connectivity index (χ3n) is 2.90. The molecule has 112 valence electrons. The van der Waals surface area contributed by atoms with Crippen LogP contribution in [0.15, 0.2) is 48.1 Å². The average molecular weight is 318 g/mol. The van der Waals surface area contributed by atoms with Crippen molar-refractivity contribution in [3.63, 3.8) is 0 Å². The van der Waals surface area contributed by atoms with Crippen LogP contribution in [0.4, 0.5) is 0 Å². The van der Waals surface area contributed by atoms with Gasteiger partial charge in [-0.05, 0) is 11.2 Å². The van der Waals surface area contributed by atoms with Gasteiger partial charge in [0.15, 0.2) is 23.6 Å². The number of nitrogens with one attached hydrogen (secondary N) is 1. The molecule has 0 atom stereocenters. The maximum atomic E-state index is 12.0. The van der Waals surface area contributed by atoms with Crippen molar-refractivity contribution in [3.8, 4) is 11.4 Å². The predicted molar refractivity (Wildman–Crippen MR) is 73.9 cm³/mol. The molecular formula is C12H12N7O2S+. The Bertz CT molecular complexity index is 833. The highest BCUT2D eigenvalue weighted by Crippen LogP contribution is 2.09. The van der Waals surface area contributed by atoms with Crippen LogP contribution in [0, 0.1) is 0 Å². The molecular weight excluding hydrogens is 306 g/mol. The van der Waals surface area contributed by atoms with Gasteiger partial charge in [0.2, 0.25) is 9.84 Å². The molecule has 3 rings (SSSR count).